The molecule has 1 saturated heterocycles. The minimum Gasteiger partial charge on any atom is -0.380 e. The number of halogens is 1. The minimum absolute atomic E-state index is 0. The number of ether oxygens (including phenoxy) is 1. The molecule has 0 unspecified atom stereocenters. The van der Waals surface area contributed by atoms with Crippen LogP contribution in [0.15, 0.2) is 10.4 Å². The van der Waals surface area contributed by atoms with Gasteiger partial charge in [0.15, 0.2) is 11.1 Å². The van der Waals surface area contributed by atoms with Crippen LogP contribution in [0.3, 0.4) is 0 Å². The summed E-state index contributed by atoms with van der Waals surface area (Å²) < 4.78 is 5.62. The number of thiazole rings is 1. The average molecular weight is 510 g/mol. The molecule has 0 radical (unpaired) electrons. The van der Waals surface area contributed by atoms with E-state index in [0.29, 0.717) is 19.1 Å². The molecule has 0 saturated carbocycles. The van der Waals surface area contributed by atoms with Gasteiger partial charge in [-0.2, -0.15) is 0 Å². The quantitative estimate of drug-likeness (QED) is 0.207. The third-order valence-electron chi connectivity index (χ3n) is 4.28. The lowest BCUT2D eigenvalue weighted by atomic mass is 10.1. The molecule has 6 nitrogen and oxygen atoms in total. The maximum atomic E-state index is 5.62. The Morgan fingerprint density at radius 1 is 1.30 bits per heavy atom. The minimum atomic E-state index is 0. The lowest BCUT2D eigenvalue weighted by molar-refractivity contribution is 0.130. The number of nitrogens with one attached hydrogen (secondary N) is 2. The van der Waals surface area contributed by atoms with Gasteiger partial charge in [0.05, 0.1) is 18.8 Å². The van der Waals surface area contributed by atoms with Crippen molar-refractivity contribution < 1.29 is 4.74 Å². The van der Waals surface area contributed by atoms with E-state index >= 15 is 0 Å². The van der Waals surface area contributed by atoms with Crippen molar-refractivity contribution in [1.29, 1.82) is 0 Å². The molecule has 1 aromatic rings. The van der Waals surface area contributed by atoms with Crippen LogP contribution in [-0.4, -0.2) is 56.9 Å². The topological polar surface area (TPSA) is 61.8 Å². The number of hydrogen-bond donors (Lipinski definition) is 2. The van der Waals surface area contributed by atoms with Gasteiger partial charge < -0.3 is 20.3 Å². The SMILES string of the molecule is CCNC(=NCCOCCC(C)C)NCCc1csc(N2CCCC2)n1.I. The largest absolute Gasteiger partial charge is 0.380 e. The zero-order chi connectivity index (χ0) is 18.6. The predicted octanol–water partition coefficient (Wildman–Crippen LogP) is 3.52. The van der Waals surface area contributed by atoms with Crippen molar-refractivity contribution in [2.45, 2.75) is 46.5 Å². The molecule has 2 N–H and O–H groups in total. The number of anilines is 1. The molecule has 27 heavy (non-hydrogen) atoms. The molecule has 156 valence electrons. The number of hydrogen-bond acceptors (Lipinski definition) is 5. The monoisotopic (exact) mass is 509 g/mol. The van der Waals surface area contributed by atoms with Gasteiger partial charge in [-0.3, -0.25) is 4.99 Å². The molecule has 0 atom stereocenters. The van der Waals surface area contributed by atoms with E-state index in [1.54, 1.807) is 11.3 Å². The van der Waals surface area contributed by atoms with Gasteiger partial charge in [-0.25, -0.2) is 4.98 Å². The number of guanidine groups is 1. The Labute approximate surface area is 185 Å². The number of aliphatic imine (C=N–C) groups is 1. The van der Waals surface area contributed by atoms with Crippen LogP contribution in [0.4, 0.5) is 5.13 Å². The van der Waals surface area contributed by atoms with Gasteiger partial charge in [0.2, 0.25) is 0 Å². The van der Waals surface area contributed by atoms with Crippen LogP contribution < -0.4 is 15.5 Å². The molecular formula is C19H36IN5OS. The van der Waals surface area contributed by atoms with Crippen LogP contribution in [0.25, 0.3) is 0 Å². The zero-order valence-corrected chi connectivity index (χ0v) is 20.1. The van der Waals surface area contributed by atoms with Crippen molar-refractivity contribution in [2.75, 3.05) is 50.8 Å². The summed E-state index contributed by atoms with van der Waals surface area (Å²) in [6.45, 7) is 12.7. The fraction of sp³-hybridized carbons (Fsp3) is 0.789. The van der Waals surface area contributed by atoms with Crippen LogP contribution in [0.2, 0.25) is 0 Å². The molecule has 2 heterocycles. The standard InChI is InChI=1S/C19H35N5OS.HI/c1-4-20-18(22-10-14-25-13-8-16(2)3)21-9-7-17-15-26-19(23-17)24-11-5-6-12-24;/h15-16H,4-14H2,1-3H3,(H2,20,21,22);1H. The Morgan fingerprint density at radius 3 is 2.78 bits per heavy atom. The summed E-state index contributed by atoms with van der Waals surface area (Å²) in [5.74, 6) is 1.55. The smallest absolute Gasteiger partial charge is 0.191 e. The highest BCUT2D eigenvalue weighted by Gasteiger charge is 2.15. The van der Waals surface area contributed by atoms with Crippen molar-refractivity contribution in [1.82, 2.24) is 15.6 Å². The molecular weight excluding hydrogens is 473 g/mol. The van der Waals surface area contributed by atoms with Gasteiger partial charge in [-0.1, -0.05) is 13.8 Å². The van der Waals surface area contributed by atoms with Crippen LogP contribution in [-0.2, 0) is 11.2 Å². The highest BCUT2D eigenvalue weighted by molar-refractivity contribution is 14.0. The molecule has 0 amide bonds. The van der Waals surface area contributed by atoms with E-state index in [4.69, 9.17) is 9.72 Å². The fourth-order valence-corrected chi connectivity index (χ4v) is 3.67. The molecule has 1 aliphatic rings. The Kier molecular flexibility index (Phi) is 13.0. The third-order valence-corrected chi connectivity index (χ3v) is 5.23. The van der Waals surface area contributed by atoms with Gasteiger partial charge >= 0.3 is 0 Å². The Hall–Kier alpha value is -0.610. The fourth-order valence-electron chi connectivity index (χ4n) is 2.76. The first-order valence-electron chi connectivity index (χ1n) is 9.98. The second kappa shape index (κ2) is 14.4. The summed E-state index contributed by atoms with van der Waals surface area (Å²) in [6.07, 6.45) is 4.61. The van der Waals surface area contributed by atoms with E-state index in [1.165, 1.54) is 18.0 Å². The number of nitrogens with zero attached hydrogens (tertiary/aromatic N) is 3. The molecule has 0 aromatic carbocycles. The Bertz CT molecular complexity index is 532. The number of rotatable bonds is 11. The summed E-state index contributed by atoms with van der Waals surface area (Å²) in [4.78, 5) is 11.7. The molecule has 2 rings (SSSR count). The Balaban J connectivity index is 0.00000364. The third kappa shape index (κ3) is 9.94. The average Bonchev–Trinajstić information content (AvgIpc) is 3.28. The van der Waals surface area contributed by atoms with Gasteiger partial charge in [-0.15, -0.1) is 35.3 Å². The van der Waals surface area contributed by atoms with Gasteiger partial charge in [0, 0.05) is 44.6 Å². The van der Waals surface area contributed by atoms with Crippen molar-refractivity contribution >= 4 is 46.4 Å². The first kappa shape index (κ1) is 24.4. The van der Waals surface area contributed by atoms with Crippen molar-refractivity contribution in [3.63, 3.8) is 0 Å². The lowest BCUT2D eigenvalue weighted by Crippen LogP contribution is -2.38. The van der Waals surface area contributed by atoms with Gasteiger partial charge in [0.1, 0.15) is 0 Å². The van der Waals surface area contributed by atoms with E-state index in [9.17, 15) is 0 Å². The maximum absolute atomic E-state index is 5.62. The number of aromatic nitrogens is 1. The lowest BCUT2D eigenvalue weighted by Gasteiger charge is -2.12. The first-order chi connectivity index (χ1) is 12.7. The van der Waals surface area contributed by atoms with Crippen LogP contribution in [0, 0.1) is 5.92 Å². The second-order valence-electron chi connectivity index (χ2n) is 7.05. The van der Waals surface area contributed by atoms with E-state index in [-0.39, 0.29) is 24.0 Å². The molecule has 1 aliphatic heterocycles. The van der Waals surface area contributed by atoms with Crippen LogP contribution in [0.1, 0.15) is 45.7 Å². The first-order valence-corrected chi connectivity index (χ1v) is 10.9. The maximum Gasteiger partial charge on any atom is 0.191 e. The summed E-state index contributed by atoms with van der Waals surface area (Å²) in [6, 6.07) is 0. The summed E-state index contributed by atoms with van der Waals surface area (Å²) >= 11 is 1.76. The normalized spacial score (nSPS) is 14.5. The molecule has 0 aliphatic carbocycles. The van der Waals surface area contributed by atoms with Gasteiger partial charge in [-0.05, 0) is 32.1 Å². The predicted molar refractivity (Wildman–Crippen MR) is 127 cm³/mol. The highest BCUT2D eigenvalue weighted by Crippen LogP contribution is 2.24. The summed E-state index contributed by atoms with van der Waals surface area (Å²) in [5.41, 5.74) is 1.16. The highest BCUT2D eigenvalue weighted by atomic mass is 127. The second-order valence-corrected chi connectivity index (χ2v) is 7.88. The van der Waals surface area contributed by atoms with Crippen LogP contribution in [0.5, 0.6) is 0 Å². The van der Waals surface area contributed by atoms with E-state index in [0.717, 1.165) is 57.3 Å². The Morgan fingerprint density at radius 2 is 2.07 bits per heavy atom. The van der Waals surface area contributed by atoms with E-state index in [2.05, 4.69) is 46.7 Å². The van der Waals surface area contributed by atoms with Crippen molar-refractivity contribution in [2.24, 2.45) is 10.9 Å². The van der Waals surface area contributed by atoms with Gasteiger partial charge in [0.25, 0.3) is 0 Å². The molecule has 8 heteroatoms. The van der Waals surface area contributed by atoms with E-state index in [1.807, 2.05) is 0 Å². The molecule has 0 bridgehead atoms. The summed E-state index contributed by atoms with van der Waals surface area (Å²) in [5, 5.41) is 10.0. The van der Waals surface area contributed by atoms with Crippen LogP contribution >= 0.6 is 35.3 Å². The van der Waals surface area contributed by atoms with Crippen molar-refractivity contribution in [3.05, 3.63) is 11.1 Å². The van der Waals surface area contributed by atoms with E-state index < -0.39 is 0 Å². The molecule has 0 spiro atoms. The zero-order valence-electron chi connectivity index (χ0n) is 17.0. The summed E-state index contributed by atoms with van der Waals surface area (Å²) in [7, 11) is 0. The molecule has 1 aromatic heterocycles. The molecule has 1 fully saturated rings. The van der Waals surface area contributed by atoms with Crippen molar-refractivity contribution in [3.8, 4) is 0 Å².